The van der Waals surface area contributed by atoms with E-state index in [1.165, 1.54) is 5.56 Å². The predicted molar refractivity (Wildman–Crippen MR) is 112 cm³/mol. The zero-order chi connectivity index (χ0) is 19.0. The smallest absolute Gasteiger partial charge is 0.191 e. The lowest BCUT2D eigenvalue weighted by molar-refractivity contribution is 0.198. The second-order valence-electron chi connectivity index (χ2n) is 8.00. The van der Waals surface area contributed by atoms with E-state index in [-0.39, 0.29) is 5.54 Å². The monoisotopic (exact) mass is 379 g/mol. The third kappa shape index (κ3) is 7.94. The molecule has 1 aliphatic rings. The van der Waals surface area contributed by atoms with Crippen molar-refractivity contribution in [3.63, 3.8) is 0 Å². The summed E-state index contributed by atoms with van der Waals surface area (Å²) in [6.07, 6.45) is 2.27. The van der Waals surface area contributed by atoms with Crippen LogP contribution in [-0.4, -0.2) is 55.7 Å². The van der Waals surface area contributed by atoms with E-state index in [1.54, 1.807) is 0 Å². The van der Waals surface area contributed by atoms with Gasteiger partial charge < -0.3 is 16.0 Å². The molecule has 1 aromatic carbocycles. The summed E-state index contributed by atoms with van der Waals surface area (Å²) in [5, 5.41) is 11.2. The Morgan fingerprint density at radius 3 is 2.38 bits per heavy atom. The van der Waals surface area contributed by atoms with Crippen LogP contribution in [0.3, 0.4) is 0 Å². The van der Waals surface area contributed by atoms with Crippen LogP contribution in [0.1, 0.15) is 39.2 Å². The van der Waals surface area contributed by atoms with E-state index >= 15 is 0 Å². The number of hydrogen-bond donors (Lipinski definition) is 3. The first-order valence-electron chi connectivity index (χ1n) is 9.55. The third-order valence-corrected chi connectivity index (χ3v) is 4.80. The number of halogens is 1. The summed E-state index contributed by atoms with van der Waals surface area (Å²) < 4.78 is 0. The average Bonchev–Trinajstić information content (AvgIpc) is 2.60. The van der Waals surface area contributed by atoms with Crippen LogP contribution in [0.15, 0.2) is 29.3 Å². The lowest BCUT2D eigenvalue weighted by Crippen LogP contribution is -2.50. The molecule has 0 bridgehead atoms. The number of guanidine groups is 1. The number of benzene rings is 1. The van der Waals surface area contributed by atoms with Crippen LogP contribution in [0.4, 0.5) is 0 Å². The van der Waals surface area contributed by atoms with Crippen LogP contribution >= 0.6 is 11.6 Å². The van der Waals surface area contributed by atoms with Crippen LogP contribution in [0, 0.1) is 0 Å². The number of nitrogens with one attached hydrogen (secondary N) is 3. The maximum Gasteiger partial charge on any atom is 0.191 e. The van der Waals surface area contributed by atoms with Gasteiger partial charge in [-0.1, -0.05) is 23.7 Å². The fourth-order valence-electron chi connectivity index (χ4n) is 3.09. The Balaban J connectivity index is 1.67. The van der Waals surface area contributed by atoms with E-state index in [4.69, 9.17) is 11.6 Å². The molecule has 0 amide bonds. The van der Waals surface area contributed by atoms with Crippen molar-refractivity contribution >= 4 is 17.6 Å². The predicted octanol–water partition coefficient (Wildman–Crippen LogP) is 2.86. The normalized spacial score (nSPS) is 17.3. The molecule has 0 aliphatic carbocycles. The summed E-state index contributed by atoms with van der Waals surface area (Å²) in [4.78, 5) is 6.86. The first-order valence-corrected chi connectivity index (χ1v) is 9.92. The van der Waals surface area contributed by atoms with Crippen LogP contribution in [0.5, 0.6) is 0 Å². The van der Waals surface area contributed by atoms with Crippen molar-refractivity contribution in [2.45, 2.75) is 51.7 Å². The Kier molecular flexibility index (Phi) is 8.19. The zero-order valence-electron chi connectivity index (χ0n) is 16.6. The van der Waals surface area contributed by atoms with E-state index in [1.807, 2.05) is 19.2 Å². The van der Waals surface area contributed by atoms with E-state index in [2.05, 4.69) is 58.7 Å². The van der Waals surface area contributed by atoms with E-state index in [9.17, 15) is 0 Å². The van der Waals surface area contributed by atoms with Crippen molar-refractivity contribution in [2.24, 2.45) is 4.99 Å². The van der Waals surface area contributed by atoms with Gasteiger partial charge in [-0.15, -0.1) is 0 Å². The van der Waals surface area contributed by atoms with Gasteiger partial charge in [0.25, 0.3) is 0 Å². The highest BCUT2D eigenvalue weighted by molar-refractivity contribution is 6.30. The molecule has 146 valence electrons. The topological polar surface area (TPSA) is 51.7 Å². The molecule has 3 N–H and O–H groups in total. The minimum atomic E-state index is 0.148. The summed E-state index contributed by atoms with van der Waals surface area (Å²) in [6, 6.07) is 8.65. The van der Waals surface area contributed by atoms with Gasteiger partial charge in [-0.05, 0) is 51.3 Å². The molecule has 1 fully saturated rings. The molecule has 0 aromatic heterocycles. The van der Waals surface area contributed by atoms with Crippen molar-refractivity contribution in [3.8, 4) is 0 Å². The minimum Gasteiger partial charge on any atom is -0.355 e. The molecule has 1 aromatic rings. The van der Waals surface area contributed by atoms with Gasteiger partial charge in [0.15, 0.2) is 5.96 Å². The maximum atomic E-state index is 5.96. The van der Waals surface area contributed by atoms with Gasteiger partial charge in [-0.2, -0.15) is 0 Å². The molecule has 26 heavy (non-hydrogen) atoms. The highest BCUT2D eigenvalue weighted by atomic mass is 35.5. The molecular formula is C20H34ClN5. The SMILES string of the molecule is CN=C(NCCNC(C)(C)C)NC1CCN(Cc2ccc(Cl)cc2)CC1. The standard InChI is InChI=1S/C20H34ClN5/c1-20(2,3)24-12-11-23-19(22-4)25-18-9-13-26(14-10-18)15-16-5-7-17(21)8-6-16/h5-8,18,24H,9-15H2,1-4H3,(H2,22,23,25). The summed E-state index contributed by atoms with van der Waals surface area (Å²) in [7, 11) is 1.84. The highest BCUT2D eigenvalue weighted by Crippen LogP contribution is 2.15. The van der Waals surface area contributed by atoms with Crippen molar-refractivity contribution < 1.29 is 0 Å². The summed E-state index contributed by atoms with van der Waals surface area (Å²) in [6.45, 7) is 11.5. The zero-order valence-corrected chi connectivity index (χ0v) is 17.4. The average molecular weight is 380 g/mol. The van der Waals surface area contributed by atoms with Gasteiger partial charge in [0.2, 0.25) is 0 Å². The fourth-order valence-corrected chi connectivity index (χ4v) is 3.22. The van der Waals surface area contributed by atoms with Crippen LogP contribution in [-0.2, 0) is 6.54 Å². The van der Waals surface area contributed by atoms with E-state index in [0.29, 0.717) is 6.04 Å². The Labute approximate surface area is 163 Å². The molecule has 2 rings (SSSR count). The minimum absolute atomic E-state index is 0.148. The first-order chi connectivity index (χ1) is 12.4. The number of hydrogen-bond acceptors (Lipinski definition) is 3. The van der Waals surface area contributed by atoms with Crippen molar-refractivity contribution in [1.82, 2.24) is 20.9 Å². The molecular weight excluding hydrogens is 346 g/mol. The lowest BCUT2D eigenvalue weighted by atomic mass is 10.0. The second-order valence-corrected chi connectivity index (χ2v) is 8.43. The third-order valence-electron chi connectivity index (χ3n) is 4.54. The van der Waals surface area contributed by atoms with Crippen molar-refractivity contribution in [3.05, 3.63) is 34.9 Å². The van der Waals surface area contributed by atoms with Gasteiger partial charge >= 0.3 is 0 Å². The van der Waals surface area contributed by atoms with Crippen LogP contribution in [0.25, 0.3) is 0 Å². The van der Waals surface area contributed by atoms with Gasteiger partial charge in [-0.25, -0.2) is 0 Å². The molecule has 1 heterocycles. The number of rotatable bonds is 6. The molecule has 0 unspecified atom stereocenters. The van der Waals surface area contributed by atoms with Crippen molar-refractivity contribution in [1.29, 1.82) is 0 Å². The molecule has 1 saturated heterocycles. The number of likely N-dealkylation sites (tertiary alicyclic amines) is 1. The molecule has 0 atom stereocenters. The Morgan fingerprint density at radius 1 is 1.15 bits per heavy atom. The maximum absolute atomic E-state index is 5.96. The number of piperidine rings is 1. The number of aliphatic imine (C=N–C) groups is 1. The molecule has 0 spiro atoms. The Morgan fingerprint density at radius 2 is 1.81 bits per heavy atom. The van der Waals surface area contributed by atoms with Gasteiger partial charge in [0, 0.05) is 56.4 Å². The van der Waals surface area contributed by atoms with Crippen LogP contribution in [0.2, 0.25) is 5.02 Å². The van der Waals surface area contributed by atoms with Gasteiger partial charge in [0.05, 0.1) is 0 Å². The summed E-state index contributed by atoms with van der Waals surface area (Å²) >= 11 is 5.96. The van der Waals surface area contributed by atoms with E-state index < -0.39 is 0 Å². The molecule has 0 radical (unpaired) electrons. The quantitative estimate of drug-likeness (QED) is 0.404. The highest BCUT2D eigenvalue weighted by Gasteiger charge is 2.20. The molecule has 6 heteroatoms. The summed E-state index contributed by atoms with van der Waals surface area (Å²) in [5.74, 6) is 0.900. The van der Waals surface area contributed by atoms with Crippen LogP contribution < -0.4 is 16.0 Å². The first kappa shape index (κ1) is 21.0. The largest absolute Gasteiger partial charge is 0.355 e. The molecule has 1 aliphatic heterocycles. The summed E-state index contributed by atoms with van der Waals surface area (Å²) in [5.41, 5.74) is 1.47. The Hall–Kier alpha value is -1.30. The van der Waals surface area contributed by atoms with Gasteiger partial charge in [-0.3, -0.25) is 9.89 Å². The lowest BCUT2D eigenvalue weighted by Gasteiger charge is -2.33. The Bertz CT molecular complexity index is 557. The van der Waals surface area contributed by atoms with Gasteiger partial charge in [0.1, 0.15) is 0 Å². The fraction of sp³-hybridized carbons (Fsp3) is 0.650. The molecule has 0 saturated carbocycles. The van der Waals surface area contributed by atoms with E-state index in [0.717, 1.165) is 56.5 Å². The van der Waals surface area contributed by atoms with Crippen molar-refractivity contribution in [2.75, 3.05) is 33.2 Å². The number of nitrogens with zero attached hydrogens (tertiary/aromatic N) is 2. The molecule has 5 nitrogen and oxygen atoms in total. The second kappa shape index (κ2) is 10.1.